The van der Waals surface area contributed by atoms with Crippen LogP contribution in [0.4, 0.5) is 17.1 Å². The Bertz CT molecular complexity index is 1280. The van der Waals surface area contributed by atoms with E-state index in [1.54, 1.807) is 55.7 Å². The van der Waals surface area contributed by atoms with E-state index in [-0.39, 0.29) is 11.4 Å². The number of imide groups is 1. The van der Waals surface area contributed by atoms with Crippen LogP contribution in [0.3, 0.4) is 0 Å². The minimum Gasteiger partial charge on any atom is -0.497 e. The summed E-state index contributed by atoms with van der Waals surface area (Å²) in [5.74, 6) is -0.477. The van der Waals surface area contributed by atoms with E-state index in [9.17, 15) is 19.7 Å². The topological polar surface area (TPSA) is 111 Å². The highest BCUT2D eigenvalue weighted by Crippen LogP contribution is 2.48. The molecule has 0 aliphatic carbocycles. The minimum absolute atomic E-state index is 0.133. The summed E-state index contributed by atoms with van der Waals surface area (Å²) in [5.41, 5.74) is 1.54. The van der Waals surface area contributed by atoms with Crippen molar-refractivity contribution in [2.24, 2.45) is 5.92 Å². The fourth-order valence-electron chi connectivity index (χ4n) is 4.49. The number of hydrogen-bond donors (Lipinski definition) is 0. The van der Waals surface area contributed by atoms with Crippen molar-refractivity contribution in [1.29, 1.82) is 0 Å². The molecule has 3 atom stereocenters. The van der Waals surface area contributed by atoms with Crippen LogP contribution in [-0.4, -0.2) is 37.1 Å². The molecule has 0 bridgehead atoms. The number of amides is 2. The van der Waals surface area contributed by atoms with E-state index in [2.05, 4.69) is 0 Å². The summed E-state index contributed by atoms with van der Waals surface area (Å²) < 4.78 is 10.5. The van der Waals surface area contributed by atoms with Crippen LogP contribution in [0.5, 0.6) is 11.5 Å². The van der Waals surface area contributed by atoms with Gasteiger partial charge in [0, 0.05) is 12.1 Å². The van der Waals surface area contributed by atoms with Gasteiger partial charge in [-0.3, -0.25) is 24.5 Å². The lowest BCUT2D eigenvalue weighted by Gasteiger charge is -2.29. The second kappa shape index (κ2) is 8.73. The molecule has 2 fully saturated rings. The monoisotopic (exact) mass is 475 g/mol. The Morgan fingerprint density at radius 3 is 1.89 bits per heavy atom. The van der Waals surface area contributed by atoms with Crippen molar-refractivity contribution in [3.05, 3.63) is 88.5 Å². The molecule has 2 aliphatic heterocycles. The molecular formula is C25H21N3O7. The normalized spacial score (nSPS) is 21.3. The molecule has 3 aromatic rings. The van der Waals surface area contributed by atoms with Gasteiger partial charge in [0.25, 0.3) is 11.6 Å². The number of hydrogen-bond acceptors (Lipinski definition) is 8. The molecule has 0 saturated carbocycles. The standard InChI is InChI=1S/C25H21N3O7/c1-33-19-11-3-15(4-12-19)22-21-23(35-27(22)17-9-13-20(34-2)14-10-17)25(30)26(24(21)29)16-5-7-18(8-6-16)28(31)32/h3-14,21-23H,1-2H3/t21-,22-,23-/m0/s1. The molecule has 2 aliphatic rings. The molecule has 10 nitrogen and oxygen atoms in total. The lowest BCUT2D eigenvalue weighted by atomic mass is 9.90. The van der Waals surface area contributed by atoms with E-state index in [1.165, 1.54) is 24.3 Å². The fraction of sp³-hybridized carbons (Fsp3) is 0.200. The predicted molar refractivity (Wildman–Crippen MR) is 125 cm³/mol. The Morgan fingerprint density at radius 1 is 0.800 bits per heavy atom. The Kier molecular flexibility index (Phi) is 5.58. The zero-order chi connectivity index (χ0) is 24.7. The molecule has 0 aromatic heterocycles. The Hall–Kier alpha value is -4.44. The average Bonchev–Trinajstić information content (AvgIpc) is 3.40. The summed E-state index contributed by atoms with van der Waals surface area (Å²) in [5, 5.41) is 12.6. The van der Waals surface area contributed by atoms with Crippen LogP contribution in [0.2, 0.25) is 0 Å². The second-order valence-electron chi connectivity index (χ2n) is 8.08. The molecular weight excluding hydrogens is 454 g/mol. The summed E-state index contributed by atoms with van der Waals surface area (Å²) in [7, 11) is 3.13. The maximum atomic E-state index is 13.6. The lowest BCUT2D eigenvalue weighted by Crippen LogP contribution is -2.37. The van der Waals surface area contributed by atoms with Crippen molar-refractivity contribution in [2.45, 2.75) is 12.1 Å². The Balaban J connectivity index is 1.54. The maximum Gasteiger partial charge on any atom is 0.269 e. The van der Waals surface area contributed by atoms with Crippen LogP contribution >= 0.6 is 0 Å². The molecule has 0 unspecified atom stereocenters. The molecule has 10 heteroatoms. The smallest absolute Gasteiger partial charge is 0.269 e. The summed E-state index contributed by atoms with van der Waals surface area (Å²) in [6, 6.07) is 19.0. The number of anilines is 2. The number of hydroxylamine groups is 1. The number of carbonyl (C=O) groups excluding carboxylic acids is 2. The first-order chi connectivity index (χ1) is 16.9. The molecule has 3 aromatic carbocycles. The van der Waals surface area contributed by atoms with Crippen LogP contribution in [0.25, 0.3) is 0 Å². The molecule has 0 N–H and O–H groups in total. The first-order valence-corrected chi connectivity index (χ1v) is 10.8. The molecule has 0 radical (unpaired) electrons. The molecule has 2 saturated heterocycles. The van der Waals surface area contributed by atoms with E-state index < -0.39 is 34.8 Å². The van der Waals surface area contributed by atoms with Gasteiger partial charge in [-0.05, 0) is 54.1 Å². The number of nitrogens with zero attached hydrogens (tertiary/aromatic N) is 3. The third-order valence-corrected chi connectivity index (χ3v) is 6.22. The quantitative estimate of drug-likeness (QED) is 0.302. The zero-order valence-corrected chi connectivity index (χ0v) is 18.9. The van der Waals surface area contributed by atoms with Crippen LogP contribution in [0.15, 0.2) is 72.8 Å². The van der Waals surface area contributed by atoms with Gasteiger partial charge in [0.2, 0.25) is 5.91 Å². The van der Waals surface area contributed by atoms with Gasteiger partial charge in [-0.2, -0.15) is 0 Å². The second-order valence-corrected chi connectivity index (χ2v) is 8.08. The Labute approximate surface area is 200 Å². The van der Waals surface area contributed by atoms with Crippen LogP contribution in [0.1, 0.15) is 11.6 Å². The first-order valence-electron chi connectivity index (χ1n) is 10.8. The third-order valence-electron chi connectivity index (χ3n) is 6.22. The number of fused-ring (bicyclic) bond motifs is 1. The lowest BCUT2D eigenvalue weighted by molar-refractivity contribution is -0.384. The van der Waals surface area contributed by atoms with Crippen molar-refractivity contribution in [2.75, 3.05) is 24.2 Å². The average molecular weight is 475 g/mol. The van der Waals surface area contributed by atoms with Crippen LogP contribution in [0, 0.1) is 16.0 Å². The predicted octanol–water partition coefficient (Wildman–Crippen LogP) is 3.66. The molecule has 2 amide bonds. The van der Waals surface area contributed by atoms with Gasteiger partial charge in [-0.15, -0.1) is 0 Å². The molecule has 5 rings (SSSR count). The Morgan fingerprint density at radius 2 is 1.34 bits per heavy atom. The van der Waals surface area contributed by atoms with Crippen LogP contribution in [-0.2, 0) is 14.4 Å². The third kappa shape index (κ3) is 3.73. The number of rotatable bonds is 6. The number of methoxy groups -OCH3 is 2. The van der Waals surface area contributed by atoms with Gasteiger partial charge >= 0.3 is 0 Å². The number of nitro groups is 1. The van der Waals surface area contributed by atoms with Crippen molar-refractivity contribution < 1.29 is 28.8 Å². The van der Waals surface area contributed by atoms with E-state index in [0.29, 0.717) is 17.2 Å². The SMILES string of the molecule is COc1ccc([C@H]2[C@@H]3C(=O)N(c4ccc([N+](=O)[O-])cc4)C(=O)[C@H]3ON2c2ccc(OC)cc2)cc1. The van der Waals surface area contributed by atoms with Gasteiger partial charge < -0.3 is 9.47 Å². The summed E-state index contributed by atoms with van der Waals surface area (Å²) >= 11 is 0. The summed E-state index contributed by atoms with van der Waals surface area (Å²) in [6.07, 6.45) is -1.05. The minimum atomic E-state index is -1.05. The zero-order valence-electron chi connectivity index (χ0n) is 18.9. The highest BCUT2D eigenvalue weighted by molar-refractivity contribution is 6.24. The van der Waals surface area contributed by atoms with Gasteiger partial charge in [-0.25, -0.2) is 9.96 Å². The van der Waals surface area contributed by atoms with E-state index in [1.807, 2.05) is 12.1 Å². The van der Waals surface area contributed by atoms with Crippen molar-refractivity contribution >= 4 is 28.9 Å². The summed E-state index contributed by atoms with van der Waals surface area (Å²) in [4.78, 5) is 44.6. The maximum absolute atomic E-state index is 13.6. The van der Waals surface area contributed by atoms with Gasteiger partial charge in [-0.1, -0.05) is 12.1 Å². The van der Waals surface area contributed by atoms with E-state index >= 15 is 0 Å². The van der Waals surface area contributed by atoms with Crippen molar-refractivity contribution in [3.63, 3.8) is 0 Å². The van der Waals surface area contributed by atoms with Crippen molar-refractivity contribution in [1.82, 2.24) is 0 Å². The van der Waals surface area contributed by atoms with Crippen molar-refractivity contribution in [3.8, 4) is 11.5 Å². The van der Waals surface area contributed by atoms with Gasteiger partial charge in [0.15, 0.2) is 6.10 Å². The number of nitro benzene ring substituents is 1. The number of non-ortho nitro benzene ring substituents is 1. The van der Waals surface area contributed by atoms with Gasteiger partial charge in [0.1, 0.15) is 17.4 Å². The van der Waals surface area contributed by atoms with E-state index in [4.69, 9.17) is 14.3 Å². The fourth-order valence-corrected chi connectivity index (χ4v) is 4.49. The summed E-state index contributed by atoms with van der Waals surface area (Å²) in [6.45, 7) is 0. The van der Waals surface area contributed by atoms with E-state index in [0.717, 1.165) is 10.5 Å². The number of ether oxygens (including phenoxy) is 2. The van der Waals surface area contributed by atoms with Gasteiger partial charge in [0.05, 0.1) is 36.6 Å². The largest absolute Gasteiger partial charge is 0.497 e. The highest BCUT2D eigenvalue weighted by Gasteiger charge is 2.60. The molecule has 35 heavy (non-hydrogen) atoms. The number of carbonyl (C=O) groups is 2. The number of benzene rings is 3. The highest BCUT2D eigenvalue weighted by atomic mass is 16.7. The first kappa shape index (κ1) is 22.4. The van der Waals surface area contributed by atoms with Crippen LogP contribution < -0.4 is 19.4 Å². The molecule has 0 spiro atoms. The molecule has 2 heterocycles. The molecule has 178 valence electrons.